The largest absolute Gasteiger partial charge is 0.302 e. The number of hydrogen-bond acceptors (Lipinski definition) is 3. The molecule has 4 rings (SSSR count). The van der Waals surface area contributed by atoms with Crippen molar-refractivity contribution in [3.05, 3.63) is 73.1 Å². The van der Waals surface area contributed by atoms with Crippen molar-refractivity contribution in [2.24, 2.45) is 0 Å². The summed E-state index contributed by atoms with van der Waals surface area (Å²) >= 11 is 0. The van der Waals surface area contributed by atoms with Crippen molar-refractivity contribution in [1.82, 2.24) is 24.1 Å². The van der Waals surface area contributed by atoms with E-state index in [0.29, 0.717) is 6.54 Å². The summed E-state index contributed by atoms with van der Waals surface area (Å²) < 4.78 is 3.91. The molecule has 4 aromatic rings. The Morgan fingerprint density at radius 1 is 0.952 bits per heavy atom. The summed E-state index contributed by atoms with van der Waals surface area (Å²) in [7, 11) is 0. The maximum absolute atomic E-state index is 4.76. The van der Waals surface area contributed by atoms with Crippen LogP contribution in [0.4, 0.5) is 0 Å². The van der Waals surface area contributed by atoms with Crippen LogP contribution in [0.3, 0.4) is 0 Å². The molecule has 0 aliphatic rings. The van der Waals surface area contributed by atoms with E-state index in [1.54, 1.807) is 12.7 Å². The van der Waals surface area contributed by atoms with Gasteiger partial charge in [0.25, 0.3) is 0 Å². The molecule has 3 aromatic heterocycles. The lowest BCUT2D eigenvalue weighted by molar-refractivity contribution is 0.668. The van der Waals surface area contributed by atoms with Crippen molar-refractivity contribution in [3.63, 3.8) is 0 Å². The van der Waals surface area contributed by atoms with Crippen molar-refractivity contribution in [2.75, 3.05) is 0 Å². The van der Waals surface area contributed by atoms with Crippen LogP contribution in [0.25, 0.3) is 16.9 Å². The van der Waals surface area contributed by atoms with Gasteiger partial charge in [-0.2, -0.15) is 5.10 Å². The van der Waals surface area contributed by atoms with E-state index >= 15 is 0 Å². The van der Waals surface area contributed by atoms with Crippen LogP contribution in [0, 0.1) is 0 Å². The minimum Gasteiger partial charge on any atom is -0.302 e. The maximum atomic E-state index is 4.76. The second-order valence-electron chi connectivity index (χ2n) is 4.80. The molecule has 3 heterocycles. The molecule has 0 spiro atoms. The lowest BCUT2D eigenvalue weighted by atomic mass is 10.1. The summed E-state index contributed by atoms with van der Waals surface area (Å²) in [5.74, 6) is 0. The normalized spacial score (nSPS) is 11.0. The van der Waals surface area contributed by atoms with Gasteiger partial charge in [-0.15, -0.1) is 0 Å². The van der Waals surface area contributed by atoms with Crippen molar-refractivity contribution >= 4 is 5.65 Å². The first-order chi connectivity index (χ1) is 10.4. The molecule has 0 saturated heterocycles. The fourth-order valence-corrected chi connectivity index (χ4v) is 2.49. The molecule has 0 unspecified atom stereocenters. The molecular formula is C16H13N5. The van der Waals surface area contributed by atoms with E-state index in [9.17, 15) is 0 Å². The van der Waals surface area contributed by atoms with E-state index in [-0.39, 0.29) is 0 Å². The topological polar surface area (TPSA) is 48.0 Å². The smallest absolute Gasteiger partial charge is 0.137 e. The Morgan fingerprint density at radius 3 is 2.62 bits per heavy atom. The van der Waals surface area contributed by atoms with E-state index in [2.05, 4.69) is 26.6 Å². The zero-order valence-electron chi connectivity index (χ0n) is 11.3. The third-order valence-electron chi connectivity index (χ3n) is 3.45. The minimum absolute atomic E-state index is 0.634. The maximum Gasteiger partial charge on any atom is 0.137 e. The molecule has 0 amide bonds. The van der Waals surface area contributed by atoms with Crippen molar-refractivity contribution < 1.29 is 0 Å². The number of pyridine rings is 1. The van der Waals surface area contributed by atoms with Crippen LogP contribution in [-0.4, -0.2) is 24.1 Å². The molecule has 1 aromatic carbocycles. The lowest BCUT2D eigenvalue weighted by Crippen LogP contribution is -2.04. The molecule has 0 fully saturated rings. The van der Waals surface area contributed by atoms with Gasteiger partial charge < -0.3 is 4.40 Å². The van der Waals surface area contributed by atoms with Crippen molar-refractivity contribution in [3.8, 4) is 11.3 Å². The molecule has 0 radical (unpaired) electrons. The number of imidazole rings is 1. The highest BCUT2D eigenvalue weighted by atomic mass is 15.3. The van der Waals surface area contributed by atoms with Gasteiger partial charge in [-0.25, -0.2) is 14.6 Å². The first-order valence-corrected chi connectivity index (χ1v) is 6.75. The zero-order valence-corrected chi connectivity index (χ0v) is 11.3. The van der Waals surface area contributed by atoms with Crippen molar-refractivity contribution in [2.45, 2.75) is 6.54 Å². The van der Waals surface area contributed by atoms with Gasteiger partial charge >= 0.3 is 0 Å². The van der Waals surface area contributed by atoms with Crippen LogP contribution in [-0.2, 0) is 6.54 Å². The predicted molar refractivity (Wildman–Crippen MR) is 79.8 cm³/mol. The number of benzene rings is 1. The van der Waals surface area contributed by atoms with Gasteiger partial charge in [-0.3, -0.25) is 0 Å². The molecule has 0 N–H and O–H groups in total. The van der Waals surface area contributed by atoms with E-state index in [1.807, 2.05) is 47.3 Å². The number of hydrogen-bond donors (Lipinski definition) is 0. The van der Waals surface area contributed by atoms with E-state index in [4.69, 9.17) is 4.98 Å². The van der Waals surface area contributed by atoms with Gasteiger partial charge in [0.1, 0.15) is 18.3 Å². The first kappa shape index (κ1) is 11.8. The fourth-order valence-electron chi connectivity index (χ4n) is 2.49. The predicted octanol–water partition coefficient (Wildman–Crippen LogP) is 2.64. The van der Waals surface area contributed by atoms with Crippen LogP contribution in [0.5, 0.6) is 0 Å². The molecule has 0 saturated carbocycles. The Bertz CT molecular complexity index is 862. The van der Waals surface area contributed by atoms with Gasteiger partial charge in [-0.05, 0) is 12.1 Å². The van der Waals surface area contributed by atoms with E-state index < -0.39 is 0 Å². The first-order valence-electron chi connectivity index (χ1n) is 6.75. The lowest BCUT2D eigenvalue weighted by Gasteiger charge is -2.05. The number of fused-ring (bicyclic) bond motifs is 1. The van der Waals surface area contributed by atoms with Gasteiger partial charge in [0.15, 0.2) is 0 Å². The van der Waals surface area contributed by atoms with Crippen LogP contribution < -0.4 is 0 Å². The molecule has 0 bridgehead atoms. The van der Waals surface area contributed by atoms with Gasteiger partial charge in [0.2, 0.25) is 0 Å². The van der Waals surface area contributed by atoms with Gasteiger partial charge in [-0.1, -0.05) is 36.4 Å². The summed E-state index contributed by atoms with van der Waals surface area (Å²) in [5, 5.41) is 4.20. The van der Waals surface area contributed by atoms with Crippen LogP contribution in [0.2, 0.25) is 0 Å². The summed E-state index contributed by atoms with van der Waals surface area (Å²) in [6, 6.07) is 16.2. The molecule has 102 valence electrons. The molecule has 0 aliphatic heterocycles. The molecule has 0 atom stereocenters. The third-order valence-corrected chi connectivity index (χ3v) is 3.45. The Labute approximate surface area is 121 Å². The zero-order chi connectivity index (χ0) is 14.1. The van der Waals surface area contributed by atoms with E-state index in [0.717, 1.165) is 22.6 Å². The molecule has 21 heavy (non-hydrogen) atoms. The summed E-state index contributed by atoms with van der Waals surface area (Å²) in [5.41, 5.74) is 4.13. The Morgan fingerprint density at radius 2 is 1.81 bits per heavy atom. The highest BCUT2D eigenvalue weighted by molar-refractivity contribution is 5.66. The standard InChI is InChI=1S/C16H13N5/c1-2-6-13(7-3-1)16-14(10-20-12-17-11-18-20)21-9-5-4-8-15(21)19-16/h1-9,11-12H,10H2. The highest BCUT2D eigenvalue weighted by Crippen LogP contribution is 2.24. The molecule has 0 aliphatic carbocycles. The quantitative estimate of drug-likeness (QED) is 0.577. The average molecular weight is 275 g/mol. The minimum atomic E-state index is 0.634. The van der Waals surface area contributed by atoms with E-state index in [1.165, 1.54) is 0 Å². The summed E-state index contributed by atoms with van der Waals surface area (Å²) in [6.07, 6.45) is 5.30. The molecule has 5 heteroatoms. The average Bonchev–Trinajstić information content (AvgIpc) is 3.17. The summed E-state index contributed by atoms with van der Waals surface area (Å²) in [4.78, 5) is 8.77. The second-order valence-corrected chi connectivity index (χ2v) is 4.80. The monoisotopic (exact) mass is 275 g/mol. The molecular weight excluding hydrogens is 262 g/mol. The SMILES string of the molecule is c1ccc(-c2nc3ccccn3c2Cn2cncn2)cc1. The highest BCUT2D eigenvalue weighted by Gasteiger charge is 2.14. The second kappa shape index (κ2) is 4.86. The number of rotatable bonds is 3. The van der Waals surface area contributed by atoms with Crippen molar-refractivity contribution in [1.29, 1.82) is 0 Å². The van der Waals surface area contributed by atoms with Gasteiger partial charge in [0, 0.05) is 11.8 Å². The third kappa shape index (κ3) is 2.08. The number of nitrogens with zero attached hydrogens (tertiary/aromatic N) is 5. The summed E-state index contributed by atoms with van der Waals surface area (Å²) in [6.45, 7) is 0.634. The Hall–Kier alpha value is -2.95. The number of aromatic nitrogens is 5. The Kier molecular flexibility index (Phi) is 2.74. The van der Waals surface area contributed by atoms with Crippen LogP contribution in [0.1, 0.15) is 5.69 Å². The molecule has 5 nitrogen and oxygen atoms in total. The van der Waals surface area contributed by atoms with Crippen LogP contribution >= 0.6 is 0 Å². The Balaban J connectivity index is 1.93. The van der Waals surface area contributed by atoms with Gasteiger partial charge in [0.05, 0.1) is 17.9 Å². The fraction of sp³-hybridized carbons (Fsp3) is 0.0625. The van der Waals surface area contributed by atoms with Crippen LogP contribution in [0.15, 0.2) is 67.4 Å².